The van der Waals surface area contributed by atoms with Crippen molar-refractivity contribution in [3.05, 3.63) is 48.5 Å². The maximum Gasteiger partial charge on any atom is 0.201 e. The molecule has 0 unspecified atom stereocenters. The summed E-state index contributed by atoms with van der Waals surface area (Å²) >= 11 is 0. The highest BCUT2D eigenvalue weighted by Crippen LogP contribution is 2.29. The van der Waals surface area contributed by atoms with Gasteiger partial charge in [0.15, 0.2) is 11.6 Å². The van der Waals surface area contributed by atoms with E-state index in [0.29, 0.717) is 28.5 Å². The molecule has 10 nitrogen and oxygen atoms in total. The van der Waals surface area contributed by atoms with Crippen molar-refractivity contribution in [3.63, 3.8) is 0 Å². The summed E-state index contributed by atoms with van der Waals surface area (Å²) in [4.78, 5) is 9.22. The largest absolute Gasteiger partial charge is 0.281 e. The number of H-pyrrole nitrogens is 2. The summed E-state index contributed by atoms with van der Waals surface area (Å²) in [5, 5.41) is 16.6. The number of anilines is 2. The summed E-state index contributed by atoms with van der Waals surface area (Å²) in [5.74, 6) is 8.01. The maximum atomic E-state index is 6.40. The first-order chi connectivity index (χ1) is 13.1. The number of rotatable bonds is 4. The lowest BCUT2D eigenvalue weighted by Crippen LogP contribution is -2.24. The number of aromatic amines is 2. The summed E-state index contributed by atoms with van der Waals surface area (Å²) in [6.45, 7) is 4.09. The molecule has 0 bridgehead atoms. The first-order valence-electron chi connectivity index (χ1n) is 8.60. The number of benzene rings is 1. The van der Waals surface area contributed by atoms with Gasteiger partial charge in [-0.3, -0.25) is 15.2 Å². The van der Waals surface area contributed by atoms with Crippen LogP contribution in [0.1, 0.15) is 25.6 Å². The van der Waals surface area contributed by atoms with Gasteiger partial charge in [0.05, 0.1) is 0 Å². The smallest absolute Gasteiger partial charge is 0.201 e. The second-order valence-corrected chi connectivity index (χ2v) is 6.58. The zero-order valence-corrected chi connectivity index (χ0v) is 14.8. The third-order valence-electron chi connectivity index (χ3n) is 4.40. The molecule has 27 heavy (non-hydrogen) atoms. The Bertz CT molecular complexity index is 1220. The van der Waals surface area contributed by atoms with Gasteiger partial charge >= 0.3 is 0 Å². The topological polar surface area (TPSA) is 121 Å². The minimum Gasteiger partial charge on any atom is -0.281 e. The van der Waals surface area contributed by atoms with Crippen molar-refractivity contribution in [3.8, 4) is 11.4 Å². The van der Waals surface area contributed by atoms with E-state index in [0.717, 1.165) is 11.4 Å². The Hall–Kier alpha value is -3.66. The monoisotopic (exact) mass is 362 g/mol. The van der Waals surface area contributed by atoms with Crippen LogP contribution in [0, 0.1) is 0 Å². The van der Waals surface area contributed by atoms with E-state index in [9.17, 15) is 0 Å². The summed E-state index contributed by atoms with van der Waals surface area (Å²) in [5.41, 5.74) is 3.59. The molecule has 0 radical (unpaired) electrons. The number of aromatic nitrogens is 8. The molecule has 0 atom stereocenters. The molecule has 0 spiro atoms. The van der Waals surface area contributed by atoms with Gasteiger partial charge < -0.3 is 0 Å². The fourth-order valence-corrected chi connectivity index (χ4v) is 2.96. The number of hydrogen-bond acceptors (Lipinski definition) is 6. The molecule has 0 fully saturated rings. The lowest BCUT2D eigenvalue weighted by atomic mass is 10.2. The van der Waals surface area contributed by atoms with Crippen LogP contribution in [0.3, 0.4) is 0 Å². The molecule has 0 aliphatic carbocycles. The van der Waals surface area contributed by atoms with Crippen LogP contribution >= 0.6 is 0 Å². The van der Waals surface area contributed by atoms with E-state index in [1.807, 2.05) is 44.2 Å². The first kappa shape index (κ1) is 15.6. The zero-order valence-electron chi connectivity index (χ0n) is 14.8. The van der Waals surface area contributed by atoms with Crippen molar-refractivity contribution < 1.29 is 0 Å². The van der Waals surface area contributed by atoms with Crippen LogP contribution < -0.4 is 10.9 Å². The number of nitrogens with zero attached hydrogens (tertiary/aromatic N) is 7. The standard InChI is InChI=1S/C17H18N10/c1-10(2)14-21-16-12(8-19-26(16)23-14)25(18)13-9-20-27-17(13)22-15(24-27)11-6-4-3-5-7-11/h3-10,19-20H,18H2,1-2H3. The molecule has 4 heterocycles. The first-order valence-corrected chi connectivity index (χ1v) is 8.60. The molecule has 10 heteroatoms. The number of fused-ring (bicyclic) bond motifs is 2. The van der Waals surface area contributed by atoms with Gasteiger partial charge in [0.25, 0.3) is 0 Å². The van der Waals surface area contributed by atoms with Crippen molar-refractivity contribution in [1.29, 1.82) is 0 Å². The summed E-state index contributed by atoms with van der Waals surface area (Å²) in [6, 6.07) is 9.80. The van der Waals surface area contributed by atoms with Crippen LogP contribution in [0.5, 0.6) is 0 Å². The quantitative estimate of drug-likeness (QED) is 0.333. The van der Waals surface area contributed by atoms with Gasteiger partial charge in [-0.05, 0) is 0 Å². The Balaban J connectivity index is 1.58. The molecule has 4 N–H and O–H groups in total. The van der Waals surface area contributed by atoms with Crippen molar-refractivity contribution in [2.45, 2.75) is 19.8 Å². The number of hydrogen-bond donors (Lipinski definition) is 3. The molecule has 136 valence electrons. The average Bonchev–Trinajstić information content (AvgIpc) is 3.41. The third-order valence-corrected chi connectivity index (χ3v) is 4.40. The van der Waals surface area contributed by atoms with E-state index >= 15 is 0 Å². The van der Waals surface area contributed by atoms with Crippen molar-refractivity contribution in [1.82, 2.24) is 39.6 Å². The average molecular weight is 362 g/mol. The van der Waals surface area contributed by atoms with E-state index in [-0.39, 0.29) is 5.92 Å². The van der Waals surface area contributed by atoms with Crippen LogP contribution in [0.25, 0.3) is 22.7 Å². The van der Waals surface area contributed by atoms with Gasteiger partial charge in [0.2, 0.25) is 11.3 Å². The molecule has 0 saturated heterocycles. The molecular weight excluding hydrogens is 344 g/mol. The van der Waals surface area contributed by atoms with Crippen LogP contribution in [-0.4, -0.2) is 39.6 Å². The molecule has 5 rings (SSSR count). The molecule has 0 saturated carbocycles. The van der Waals surface area contributed by atoms with Crippen molar-refractivity contribution >= 4 is 22.7 Å². The highest BCUT2D eigenvalue weighted by atomic mass is 15.5. The SMILES string of the molecule is CC(C)c1nc2c(N(N)c3c[nH]n4nc(-c5ccccc5)nc34)c[nH]n2n1. The molecule has 4 aromatic heterocycles. The molecule has 0 aliphatic heterocycles. The lowest BCUT2D eigenvalue weighted by molar-refractivity contribution is 0.730. The van der Waals surface area contributed by atoms with E-state index < -0.39 is 0 Å². The van der Waals surface area contributed by atoms with E-state index in [2.05, 4.69) is 30.4 Å². The van der Waals surface area contributed by atoms with E-state index in [1.54, 1.807) is 21.7 Å². The van der Waals surface area contributed by atoms with Crippen molar-refractivity contribution in [2.24, 2.45) is 5.84 Å². The Morgan fingerprint density at radius 3 is 2.22 bits per heavy atom. The summed E-state index contributed by atoms with van der Waals surface area (Å²) < 4.78 is 3.22. The molecular formula is C17H18N10. The summed E-state index contributed by atoms with van der Waals surface area (Å²) in [6.07, 6.45) is 3.52. The third kappa shape index (κ3) is 2.38. The maximum absolute atomic E-state index is 6.40. The van der Waals surface area contributed by atoms with E-state index in [4.69, 9.17) is 5.84 Å². The predicted molar refractivity (Wildman–Crippen MR) is 101 cm³/mol. The fourth-order valence-electron chi connectivity index (χ4n) is 2.96. The van der Waals surface area contributed by atoms with E-state index in [1.165, 1.54) is 5.01 Å². The molecule has 5 aromatic rings. The number of hydrazine groups is 1. The lowest BCUT2D eigenvalue weighted by Gasteiger charge is -2.13. The Labute approximate surface area is 153 Å². The normalized spacial score (nSPS) is 11.9. The van der Waals surface area contributed by atoms with Gasteiger partial charge in [0, 0.05) is 23.9 Å². The van der Waals surface area contributed by atoms with Crippen LogP contribution in [0.4, 0.5) is 11.4 Å². The van der Waals surface area contributed by atoms with Crippen LogP contribution in [0.2, 0.25) is 0 Å². The van der Waals surface area contributed by atoms with Crippen molar-refractivity contribution in [2.75, 3.05) is 5.01 Å². The van der Waals surface area contributed by atoms with Gasteiger partial charge in [-0.15, -0.1) is 10.2 Å². The fraction of sp³-hybridized carbons (Fsp3) is 0.176. The van der Waals surface area contributed by atoms with Gasteiger partial charge in [-0.2, -0.15) is 9.26 Å². The minimum atomic E-state index is 0.223. The Morgan fingerprint density at radius 2 is 1.56 bits per heavy atom. The van der Waals surface area contributed by atoms with Crippen LogP contribution in [-0.2, 0) is 0 Å². The molecule has 0 aliphatic rings. The zero-order chi connectivity index (χ0) is 18.5. The second-order valence-electron chi connectivity index (χ2n) is 6.58. The minimum absolute atomic E-state index is 0.223. The van der Waals surface area contributed by atoms with Gasteiger partial charge in [0.1, 0.15) is 11.4 Å². The Kier molecular flexibility index (Phi) is 3.28. The number of nitrogens with one attached hydrogen (secondary N) is 2. The second kappa shape index (κ2) is 5.68. The van der Waals surface area contributed by atoms with Crippen LogP contribution in [0.15, 0.2) is 42.7 Å². The number of nitrogens with two attached hydrogens (primary N) is 1. The highest BCUT2D eigenvalue weighted by Gasteiger charge is 2.21. The highest BCUT2D eigenvalue weighted by molar-refractivity contribution is 5.81. The van der Waals surface area contributed by atoms with Gasteiger partial charge in [-0.1, -0.05) is 44.2 Å². The summed E-state index contributed by atoms with van der Waals surface area (Å²) in [7, 11) is 0. The molecule has 0 amide bonds. The predicted octanol–water partition coefficient (Wildman–Crippen LogP) is 2.23. The molecule has 1 aromatic carbocycles. The van der Waals surface area contributed by atoms with Gasteiger partial charge in [-0.25, -0.2) is 15.8 Å². The Morgan fingerprint density at radius 1 is 0.926 bits per heavy atom.